The number of hydrogen-bond acceptors (Lipinski definition) is 8. The van der Waals surface area contributed by atoms with Crippen molar-refractivity contribution >= 4 is 11.8 Å². The minimum atomic E-state index is -5.36. The molecule has 10 nitrogen and oxygen atoms in total. The van der Waals surface area contributed by atoms with E-state index in [4.69, 9.17) is 19.7 Å². The molecule has 2 amide bonds. The number of nitrogens with zero attached hydrogens (tertiary/aromatic N) is 2. The van der Waals surface area contributed by atoms with Crippen molar-refractivity contribution in [1.82, 2.24) is 15.5 Å². The summed E-state index contributed by atoms with van der Waals surface area (Å²) in [5, 5.41) is 16.8. The summed E-state index contributed by atoms with van der Waals surface area (Å²) < 4.78 is 73.3. The average molecular weight is 603 g/mol. The number of halogens is 4. The predicted molar refractivity (Wildman–Crippen MR) is 144 cm³/mol. The SMILES string of the molecule is CCOc1c(CC(N)=O)cc([C@@](O)(CNC(=O)c2ccc(-c3ccno3)c(OC)c2)C(F)(F)F)nc1-c1ccc(F)cc1. The number of nitrogens with two attached hydrogens (primary N) is 1. The first-order valence-corrected chi connectivity index (χ1v) is 12.8. The molecule has 14 heteroatoms. The van der Waals surface area contributed by atoms with Crippen molar-refractivity contribution in [2.45, 2.75) is 25.1 Å². The number of amides is 2. The van der Waals surface area contributed by atoms with E-state index in [0.717, 1.165) is 18.2 Å². The Bertz CT molecular complexity index is 1610. The van der Waals surface area contributed by atoms with Gasteiger partial charge in [0.05, 0.1) is 44.1 Å². The highest BCUT2D eigenvalue weighted by Crippen LogP contribution is 2.42. The van der Waals surface area contributed by atoms with E-state index in [9.17, 15) is 32.3 Å². The fraction of sp³-hybridized carbons (Fsp3) is 0.241. The largest absolute Gasteiger partial charge is 0.496 e. The van der Waals surface area contributed by atoms with Gasteiger partial charge in [0.1, 0.15) is 23.0 Å². The number of hydrogen-bond donors (Lipinski definition) is 3. The Balaban J connectivity index is 1.75. The Morgan fingerprint density at radius 1 is 1.09 bits per heavy atom. The molecular weight excluding hydrogens is 576 g/mol. The third kappa shape index (κ3) is 6.59. The van der Waals surface area contributed by atoms with Crippen molar-refractivity contribution < 1.29 is 46.3 Å². The monoisotopic (exact) mass is 602 g/mol. The number of methoxy groups -OCH3 is 1. The molecule has 0 spiro atoms. The van der Waals surface area contributed by atoms with Crippen molar-refractivity contribution in [2.75, 3.05) is 20.3 Å². The summed E-state index contributed by atoms with van der Waals surface area (Å²) in [4.78, 5) is 28.9. The maximum Gasteiger partial charge on any atom is 0.424 e. The van der Waals surface area contributed by atoms with Crippen LogP contribution in [-0.4, -0.2) is 53.5 Å². The van der Waals surface area contributed by atoms with Gasteiger partial charge in [-0.05, 0) is 55.5 Å². The lowest BCUT2D eigenvalue weighted by Gasteiger charge is -2.31. The van der Waals surface area contributed by atoms with Gasteiger partial charge in [0, 0.05) is 22.8 Å². The average Bonchev–Trinajstić information content (AvgIpc) is 3.50. The Kier molecular flexibility index (Phi) is 8.99. The number of carbonyl (C=O) groups excluding carboxylic acids is 2. The quantitative estimate of drug-likeness (QED) is 0.217. The first-order chi connectivity index (χ1) is 20.4. The van der Waals surface area contributed by atoms with Crippen molar-refractivity contribution in [1.29, 1.82) is 0 Å². The molecule has 4 aromatic rings. The van der Waals surface area contributed by atoms with E-state index in [1.165, 1.54) is 43.6 Å². The number of aromatic nitrogens is 2. The molecule has 4 N–H and O–H groups in total. The first kappa shape index (κ1) is 31.0. The fourth-order valence-electron chi connectivity index (χ4n) is 4.26. The van der Waals surface area contributed by atoms with E-state index < -0.39 is 48.1 Å². The van der Waals surface area contributed by atoms with Gasteiger partial charge < -0.3 is 30.2 Å². The second-order valence-corrected chi connectivity index (χ2v) is 9.26. The van der Waals surface area contributed by atoms with E-state index in [1.807, 2.05) is 0 Å². The number of alkyl halides is 3. The summed E-state index contributed by atoms with van der Waals surface area (Å²) in [7, 11) is 1.33. The Labute approximate surface area is 242 Å². The number of ether oxygens (including phenoxy) is 2. The van der Waals surface area contributed by atoms with E-state index in [-0.39, 0.29) is 40.5 Å². The molecule has 2 aromatic heterocycles. The van der Waals surface area contributed by atoms with Gasteiger partial charge in [0.2, 0.25) is 11.5 Å². The second kappa shape index (κ2) is 12.5. The van der Waals surface area contributed by atoms with Crippen molar-refractivity contribution in [3.8, 4) is 34.1 Å². The van der Waals surface area contributed by atoms with Crippen LogP contribution in [0.3, 0.4) is 0 Å². The van der Waals surface area contributed by atoms with Crippen LogP contribution < -0.4 is 20.5 Å². The van der Waals surface area contributed by atoms with Crippen LogP contribution in [0.5, 0.6) is 11.5 Å². The predicted octanol–water partition coefficient (Wildman–Crippen LogP) is 4.16. The summed E-state index contributed by atoms with van der Waals surface area (Å²) in [5.41, 5.74) is 0.875. The number of benzene rings is 2. The minimum Gasteiger partial charge on any atom is -0.496 e. The summed E-state index contributed by atoms with van der Waals surface area (Å²) >= 11 is 0. The molecule has 226 valence electrons. The summed E-state index contributed by atoms with van der Waals surface area (Å²) in [6, 6.07) is 11.1. The lowest BCUT2D eigenvalue weighted by molar-refractivity contribution is -0.265. The smallest absolute Gasteiger partial charge is 0.424 e. The lowest BCUT2D eigenvalue weighted by Crippen LogP contribution is -2.51. The molecule has 0 radical (unpaired) electrons. The molecule has 0 bridgehead atoms. The topological polar surface area (TPSA) is 150 Å². The molecule has 0 aliphatic carbocycles. The van der Waals surface area contributed by atoms with E-state index >= 15 is 0 Å². The van der Waals surface area contributed by atoms with Crippen molar-refractivity contribution in [2.24, 2.45) is 5.73 Å². The van der Waals surface area contributed by atoms with Crippen LogP contribution in [0.1, 0.15) is 28.5 Å². The Hall–Kier alpha value is -4.98. The summed E-state index contributed by atoms with van der Waals surface area (Å²) in [6.45, 7) is 0.283. The number of aliphatic hydroxyl groups is 1. The number of rotatable bonds is 11. The van der Waals surface area contributed by atoms with Crippen LogP contribution >= 0.6 is 0 Å². The number of primary amides is 1. The fourth-order valence-corrected chi connectivity index (χ4v) is 4.26. The van der Waals surface area contributed by atoms with Gasteiger partial charge in [-0.3, -0.25) is 9.59 Å². The van der Waals surface area contributed by atoms with Crippen LogP contribution in [0, 0.1) is 5.82 Å². The summed E-state index contributed by atoms with van der Waals surface area (Å²) in [5.74, 6) is -2.02. The third-order valence-electron chi connectivity index (χ3n) is 6.39. The van der Waals surface area contributed by atoms with Gasteiger partial charge in [0.15, 0.2) is 5.76 Å². The van der Waals surface area contributed by atoms with Gasteiger partial charge in [-0.2, -0.15) is 13.2 Å². The maximum absolute atomic E-state index is 14.6. The number of carbonyl (C=O) groups is 2. The lowest BCUT2D eigenvalue weighted by atomic mass is 9.93. The molecule has 0 fully saturated rings. The second-order valence-electron chi connectivity index (χ2n) is 9.26. The molecule has 0 unspecified atom stereocenters. The molecule has 0 aliphatic heterocycles. The van der Waals surface area contributed by atoms with Crippen molar-refractivity contribution in [3.63, 3.8) is 0 Å². The zero-order valence-corrected chi connectivity index (χ0v) is 22.9. The van der Waals surface area contributed by atoms with Gasteiger partial charge in [-0.25, -0.2) is 9.37 Å². The normalized spacial score (nSPS) is 12.8. The van der Waals surface area contributed by atoms with Gasteiger partial charge >= 0.3 is 6.18 Å². The maximum atomic E-state index is 14.6. The third-order valence-corrected chi connectivity index (χ3v) is 6.39. The molecule has 4 rings (SSSR count). The van der Waals surface area contributed by atoms with E-state index in [1.54, 1.807) is 13.0 Å². The zero-order valence-electron chi connectivity index (χ0n) is 22.9. The van der Waals surface area contributed by atoms with Crippen LogP contribution in [0.4, 0.5) is 17.6 Å². The Morgan fingerprint density at radius 3 is 2.40 bits per heavy atom. The van der Waals surface area contributed by atoms with Crippen LogP contribution in [-0.2, 0) is 16.8 Å². The van der Waals surface area contributed by atoms with Gasteiger partial charge in [0.25, 0.3) is 5.91 Å². The highest BCUT2D eigenvalue weighted by atomic mass is 19.4. The van der Waals surface area contributed by atoms with Gasteiger partial charge in [-0.15, -0.1) is 0 Å². The molecule has 0 aliphatic rings. The summed E-state index contributed by atoms with van der Waals surface area (Å²) in [6.07, 6.45) is -4.52. The number of nitrogens with one attached hydrogen (secondary N) is 1. The first-order valence-electron chi connectivity index (χ1n) is 12.8. The highest BCUT2D eigenvalue weighted by molar-refractivity contribution is 5.95. The van der Waals surface area contributed by atoms with Crippen LogP contribution in [0.25, 0.3) is 22.6 Å². The molecular formula is C29H26F4N4O6. The Morgan fingerprint density at radius 2 is 1.81 bits per heavy atom. The standard InChI is InChI=1S/C29H26F4N4O6/c1-3-42-26-18(14-24(34)38)13-23(37-25(26)16-4-7-19(30)8-5-16)28(40,29(31,32)33)15-35-27(39)17-6-9-20(22(12-17)41-2)21-10-11-36-43-21/h4-13,40H,3,14-15H2,1-2H3,(H2,34,38)(H,35,39)/t28-/m0/s1. The number of pyridine rings is 1. The molecule has 43 heavy (non-hydrogen) atoms. The van der Waals surface area contributed by atoms with Crippen molar-refractivity contribution in [3.05, 3.63) is 83.4 Å². The molecule has 0 saturated heterocycles. The highest BCUT2D eigenvalue weighted by Gasteiger charge is 2.56. The van der Waals surface area contributed by atoms with Gasteiger partial charge in [-0.1, -0.05) is 5.16 Å². The minimum absolute atomic E-state index is 0.0409. The molecule has 1 atom stereocenters. The zero-order chi connectivity index (χ0) is 31.4. The van der Waals surface area contributed by atoms with Crippen LogP contribution in [0.2, 0.25) is 0 Å². The molecule has 0 saturated carbocycles. The molecule has 2 heterocycles. The van der Waals surface area contributed by atoms with E-state index in [0.29, 0.717) is 11.3 Å². The molecule has 2 aromatic carbocycles. The van der Waals surface area contributed by atoms with Crippen LogP contribution in [0.15, 0.2) is 65.3 Å². The van der Waals surface area contributed by atoms with E-state index in [2.05, 4.69) is 15.5 Å².